The fraction of sp³-hybridized carbons (Fsp3) is 0.615. The SMILES string of the molecule is CC[C@@H]1C[C@H](n2cnc3c(N)ncnc32)O[C@@H]1CC. The van der Waals surface area contributed by atoms with Crippen molar-refractivity contribution in [2.45, 2.75) is 45.4 Å². The molecule has 0 saturated carbocycles. The monoisotopic (exact) mass is 261 g/mol. The molecule has 0 aromatic carbocycles. The zero-order chi connectivity index (χ0) is 13.4. The molecule has 2 N–H and O–H groups in total. The quantitative estimate of drug-likeness (QED) is 0.915. The van der Waals surface area contributed by atoms with Gasteiger partial charge in [0.1, 0.15) is 18.1 Å². The Morgan fingerprint density at radius 3 is 2.84 bits per heavy atom. The fourth-order valence-corrected chi connectivity index (χ4v) is 2.90. The Kier molecular flexibility index (Phi) is 3.10. The zero-order valence-electron chi connectivity index (χ0n) is 11.3. The molecule has 6 heteroatoms. The van der Waals surface area contributed by atoms with Crippen molar-refractivity contribution in [1.82, 2.24) is 19.5 Å². The lowest BCUT2D eigenvalue weighted by atomic mass is 9.96. The van der Waals surface area contributed by atoms with Crippen LogP contribution in [-0.4, -0.2) is 25.6 Å². The number of anilines is 1. The van der Waals surface area contributed by atoms with Crippen molar-refractivity contribution in [1.29, 1.82) is 0 Å². The number of ether oxygens (including phenoxy) is 1. The molecule has 0 unspecified atom stereocenters. The Morgan fingerprint density at radius 2 is 2.16 bits per heavy atom. The second-order valence-electron chi connectivity index (χ2n) is 5.02. The molecule has 3 atom stereocenters. The maximum Gasteiger partial charge on any atom is 0.167 e. The van der Waals surface area contributed by atoms with E-state index >= 15 is 0 Å². The van der Waals surface area contributed by atoms with E-state index in [1.54, 1.807) is 6.33 Å². The van der Waals surface area contributed by atoms with Crippen LogP contribution in [0.1, 0.15) is 39.3 Å². The van der Waals surface area contributed by atoms with E-state index in [1.165, 1.54) is 6.33 Å². The van der Waals surface area contributed by atoms with Crippen LogP contribution in [0, 0.1) is 5.92 Å². The third-order valence-electron chi connectivity index (χ3n) is 3.99. The summed E-state index contributed by atoms with van der Waals surface area (Å²) in [5, 5.41) is 0. The number of fused-ring (bicyclic) bond motifs is 1. The molecule has 1 saturated heterocycles. The van der Waals surface area contributed by atoms with Gasteiger partial charge < -0.3 is 10.5 Å². The maximum absolute atomic E-state index is 6.13. The number of nitrogens with two attached hydrogens (primary N) is 1. The first-order valence-electron chi connectivity index (χ1n) is 6.83. The molecule has 2 aromatic heterocycles. The third-order valence-corrected chi connectivity index (χ3v) is 3.99. The molecule has 0 amide bonds. The molecule has 0 aliphatic carbocycles. The average molecular weight is 261 g/mol. The van der Waals surface area contributed by atoms with Crippen LogP contribution in [0.4, 0.5) is 5.82 Å². The first kappa shape index (κ1) is 12.3. The van der Waals surface area contributed by atoms with Crippen LogP contribution in [0.25, 0.3) is 11.2 Å². The maximum atomic E-state index is 6.13. The molecule has 0 bridgehead atoms. The van der Waals surface area contributed by atoms with Gasteiger partial charge in [-0.2, -0.15) is 0 Å². The highest BCUT2D eigenvalue weighted by atomic mass is 16.5. The van der Waals surface area contributed by atoms with Crippen molar-refractivity contribution < 1.29 is 4.74 Å². The number of hydrogen-bond donors (Lipinski definition) is 1. The number of aromatic nitrogens is 4. The standard InChI is InChI=1S/C13H19N5O/c1-3-8-5-10(19-9(8)4-2)18-7-17-11-12(14)15-6-16-13(11)18/h6-10H,3-5H2,1-2H3,(H2,14,15,16)/t8-,9-,10-/m1/s1. The van der Waals surface area contributed by atoms with Crippen LogP contribution < -0.4 is 5.73 Å². The molecular weight excluding hydrogens is 242 g/mol. The number of hydrogen-bond acceptors (Lipinski definition) is 5. The predicted molar refractivity (Wildman–Crippen MR) is 72.3 cm³/mol. The Labute approximate surface area is 112 Å². The van der Waals surface area contributed by atoms with Gasteiger partial charge in [-0.15, -0.1) is 0 Å². The first-order chi connectivity index (χ1) is 9.24. The van der Waals surface area contributed by atoms with Crippen molar-refractivity contribution in [3.63, 3.8) is 0 Å². The molecule has 102 valence electrons. The molecule has 1 aliphatic heterocycles. The summed E-state index contributed by atoms with van der Waals surface area (Å²) in [6.07, 6.45) is 6.74. The molecule has 1 fully saturated rings. The van der Waals surface area contributed by atoms with Gasteiger partial charge in [0.25, 0.3) is 0 Å². The molecule has 19 heavy (non-hydrogen) atoms. The minimum atomic E-state index is 0.00852. The van der Waals surface area contributed by atoms with Gasteiger partial charge in [0.15, 0.2) is 11.5 Å². The highest BCUT2D eigenvalue weighted by Gasteiger charge is 2.34. The summed E-state index contributed by atoms with van der Waals surface area (Å²) in [4.78, 5) is 12.5. The molecule has 0 radical (unpaired) electrons. The van der Waals surface area contributed by atoms with E-state index in [4.69, 9.17) is 10.5 Å². The fourth-order valence-electron chi connectivity index (χ4n) is 2.90. The Morgan fingerprint density at radius 1 is 1.32 bits per heavy atom. The topological polar surface area (TPSA) is 78.9 Å². The summed E-state index contributed by atoms with van der Waals surface area (Å²) < 4.78 is 8.11. The van der Waals surface area contributed by atoms with Gasteiger partial charge in [-0.3, -0.25) is 4.57 Å². The molecule has 0 spiro atoms. The lowest BCUT2D eigenvalue weighted by molar-refractivity contribution is -0.00446. The summed E-state index contributed by atoms with van der Waals surface area (Å²) in [5.74, 6) is 1.02. The average Bonchev–Trinajstić information content (AvgIpc) is 3.02. The van der Waals surface area contributed by atoms with E-state index in [-0.39, 0.29) is 6.23 Å². The smallest absolute Gasteiger partial charge is 0.167 e. The number of nitrogen functional groups attached to an aromatic ring is 1. The molecular formula is C13H19N5O. The van der Waals surface area contributed by atoms with E-state index in [2.05, 4.69) is 28.8 Å². The van der Waals surface area contributed by atoms with Crippen LogP contribution in [0.5, 0.6) is 0 Å². The van der Waals surface area contributed by atoms with Crippen LogP contribution in [0.3, 0.4) is 0 Å². The second kappa shape index (κ2) is 4.77. The summed E-state index contributed by atoms with van der Waals surface area (Å²) in [6, 6.07) is 0. The Balaban J connectivity index is 1.95. The molecule has 6 nitrogen and oxygen atoms in total. The van der Waals surface area contributed by atoms with Gasteiger partial charge in [-0.25, -0.2) is 15.0 Å². The normalized spacial score (nSPS) is 27.2. The van der Waals surface area contributed by atoms with Crippen molar-refractivity contribution in [2.75, 3.05) is 5.73 Å². The van der Waals surface area contributed by atoms with Gasteiger partial charge in [0, 0.05) is 0 Å². The number of rotatable bonds is 3. The van der Waals surface area contributed by atoms with Crippen molar-refractivity contribution >= 4 is 17.0 Å². The minimum Gasteiger partial charge on any atom is -0.382 e. The van der Waals surface area contributed by atoms with E-state index < -0.39 is 0 Å². The molecule has 1 aliphatic rings. The number of nitrogens with zero attached hydrogens (tertiary/aromatic N) is 4. The van der Waals surface area contributed by atoms with E-state index in [1.807, 2.05) is 4.57 Å². The molecule has 2 aromatic rings. The van der Waals surface area contributed by atoms with E-state index in [0.29, 0.717) is 23.4 Å². The molecule has 3 rings (SSSR count). The minimum absolute atomic E-state index is 0.00852. The first-order valence-corrected chi connectivity index (χ1v) is 6.83. The van der Waals surface area contributed by atoms with Gasteiger partial charge in [0.2, 0.25) is 0 Å². The largest absolute Gasteiger partial charge is 0.382 e. The summed E-state index contributed by atoms with van der Waals surface area (Å²) >= 11 is 0. The van der Waals surface area contributed by atoms with E-state index in [0.717, 1.165) is 24.9 Å². The van der Waals surface area contributed by atoms with Gasteiger partial charge in [0.05, 0.1) is 12.4 Å². The predicted octanol–water partition coefficient (Wildman–Crippen LogP) is 2.13. The van der Waals surface area contributed by atoms with Gasteiger partial charge in [-0.1, -0.05) is 20.3 Å². The summed E-state index contributed by atoms with van der Waals surface area (Å²) in [7, 11) is 0. The van der Waals surface area contributed by atoms with Gasteiger partial charge in [-0.05, 0) is 18.8 Å². The highest BCUT2D eigenvalue weighted by Crippen LogP contribution is 2.37. The lowest BCUT2D eigenvalue weighted by Gasteiger charge is -2.15. The summed E-state index contributed by atoms with van der Waals surface area (Å²) in [5.41, 5.74) is 7.21. The van der Waals surface area contributed by atoms with Crippen LogP contribution >= 0.6 is 0 Å². The van der Waals surface area contributed by atoms with Crippen LogP contribution in [-0.2, 0) is 4.74 Å². The van der Waals surface area contributed by atoms with Crippen LogP contribution in [0.15, 0.2) is 12.7 Å². The Bertz CT molecular complexity index is 569. The molecule has 3 heterocycles. The second-order valence-corrected chi connectivity index (χ2v) is 5.02. The third kappa shape index (κ3) is 1.96. The summed E-state index contributed by atoms with van der Waals surface area (Å²) in [6.45, 7) is 4.38. The van der Waals surface area contributed by atoms with Crippen molar-refractivity contribution in [3.05, 3.63) is 12.7 Å². The lowest BCUT2D eigenvalue weighted by Crippen LogP contribution is -2.14. The van der Waals surface area contributed by atoms with Crippen molar-refractivity contribution in [3.8, 4) is 0 Å². The number of imidazole rings is 1. The van der Waals surface area contributed by atoms with Gasteiger partial charge >= 0.3 is 0 Å². The Hall–Kier alpha value is -1.69. The van der Waals surface area contributed by atoms with Crippen LogP contribution in [0.2, 0.25) is 0 Å². The zero-order valence-corrected chi connectivity index (χ0v) is 11.3. The van der Waals surface area contributed by atoms with E-state index in [9.17, 15) is 0 Å². The van der Waals surface area contributed by atoms with Crippen molar-refractivity contribution in [2.24, 2.45) is 5.92 Å². The highest BCUT2D eigenvalue weighted by molar-refractivity contribution is 5.81.